The van der Waals surface area contributed by atoms with Crippen molar-refractivity contribution in [3.8, 4) is 0 Å². The summed E-state index contributed by atoms with van der Waals surface area (Å²) in [6.07, 6.45) is 14.5. The van der Waals surface area contributed by atoms with Crippen LogP contribution in [0.15, 0.2) is 0 Å². The minimum Gasteiger partial charge on any atom is -0.327 e. The maximum Gasteiger partial charge on any atom is 0.0130 e. The van der Waals surface area contributed by atoms with Gasteiger partial charge in [-0.3, -0.25) is 0 Å². The fourth-order valence-corrected chi connectivity index (χ4v) is 2.43. The summed E-state index contributed by atoms with van der Waals surface area (Å²) in [7, 11) is 0. The third kappa shape index (κ3) is 12.2. The van der Waals surface area contributed by atoms with Crippen molar-refractivity contribution < 1.29 is 0 Å². The molecule has 2 N–H and O–H groups in total. The summed E-state index contributed by atoms with van der Waals surface area (Å²) >= 11 is 1.86. The Balaban J connectivity index is 2.98. The second kappa shape index (κ2) is 12.4. The van der Waals surface area contributed by atoms with Gasteiger partial charge in [-0.05, 0) is 12.7 Å². The van der Waals surface area contributed by atoms with E-state index in [0.717, 1.165) is 5.75 Å². The Morgan fingerprint density at radius 2 is 1.47 bits per heavy atom. The number of hydrogen-bond donors (Lipinski definition) is 1. The molecule has 0 heterocycles. The van der Waals surface area contributed by atoms with Crippen LogP contribution in [0.1, 0.15) is 64.7 Å². The molecule has 1 atom stereocenters. The average molecular weight is 231 g/mol. The lowest BCUT2D eigenvalue weighted by molar-refractivity contribution is 0.544. The van der Waals surface area contributed by atoms with E-state index in [1.165, 1.54) is 57.8 Å². The van der Waals surface area contributed by atoms with E-state index < -0.39 is 0 Å². The van der Waals surface area contributed by atoms with Crippen LogP contribution in [0.25, 0.3) is 0 Å². The van der Waals surface area contributed by atoms with Gasteiger partial charge in [-0.2, -0.15) is 11.8 Å². The molecule has 0 aliphatic carbocycles. The Morgan fingerprint density at radius 1 is 0.933 bits per heavy atom. The minimum absolute atomic E-state index is 0.431. The van der Waals surface area contributed by atoms with Gasteiger partial charge in [-0.1, -0.05) is 58.3 Å². The third-order valence-corrected chi connectivity index (χ3v) is 3.57. The Bertz CT molecular complexity index is 117. The predicted octanol–water partition coefficient (Wildman–Crippen LogP) is 4.21. The lowest BCUT2D eigenvalue weighted by Crippen LogP contribution is -2.22. The van der Waals surface area contributed by atoms with Gasteiger partial charge in [0.1, 0.15) is 0 Å². The van der Waals surface area contributed by atoms with Crippen molar-refractivity contribution >= 4 is 11.8 Å². The molecule has 0 aromatic rings. The zero-order valence-corrected chi connectivity index (χ0v) is 11.5. The van der Waals surface area contributed by atoms with Crippen molar-refractivity contribution in [2.24, 2.45) is 5.73 Å². The molecular formula is C13H29NS. The fraction of sp³-hybridized carbons (Fsp3) is 1.00. The Labute approximate surface area is 101 Å². The van der Waals surface area contributed by atoms with Crippen molar-refractivity contribution in [3.63, 3.8) is 0 Å². The highest BCUT2D eigenvalue weighted by Crippen LogP contribution is 2.11. The van der Waals surface area contributed by atoms with Crippen molar-refractivity contribution in [3.05, 3.63) is 0 Å². The molecule has 0 rings (SSSR count). The lowest BCUT2D eigenvalue weighted by Gasteiger charge is -2.09. The molecule has 0 saturated carbocycles. The quantitative estimate of drug-likeness (QED) is 0.539. The van der Waals surface area contributed by atoms with Gasteiger partial charge in [0, 0.05) is 11.8 Å². The largest absolute Gasteiger partial charge is 0.327 e. The summed E-state index contributed by atoms with van der Waals surface area (Å²) in [5.74, 6) is 1.12. The summed E-state index contributed by atoms with van der Waals surface area (Å²) in [5, 5.41) is 0. The van der Waals surface area contributed by atoms with E-state index in [1.807, 2.05) is 11.8 Å². The molecule has 1 unspecified atom stereocenters. The van der Waals surface area contributed by atoms with Gasteiger partial charge in [0.2, 0.25) is 0 Å². The molecule has 0 bridgehead atoms. The van der Waals surface area contributed by atoms with Crippen molar-refractivity contribution in [1.29, 1.82) is 0 Å². The Kier molecular flexibility index (Phi) is 12.6. The standard InChI is InChI=1S/C13H29NS/c1-3-4-5-6-7-8-9-10-11-13(14)12-15-2/h13H,3-12,14H2,1-2H3. The van der Waals surface area contributed by atoms with Crippen LogP contribution in [0.3, 0.4) is 0 Å². The second-order valence-corrected chi connectivity index (χ2v) is 5.39. The molecular weight excluding hydrogens is 202 g/mol. The van der Waals surface area contributed by atoms with Gasteiger partial charge >= 0.3 is 0 Å². The lowest BCUT2D eigenvalue weighted by atomic mass is 10.1. The van der Waals surface area contributed by atoms with Crippen LogP contribution in [0.4, 0.5) is 0 Å². The topological polar surface area (TPSA) is 26.0 Å². The monoisotopic (exact) mass is 231 g/mol. The van der Waals surface area contributed by atoms with E-state index in [2.05, 4.69) is 13.2 Å². The smallest absolute Gasteiger partial charge is 0.0130 e. The fourth-order valence-electron chi connectivity index (χ4n) is 1.84. The van der Waals surface area contributed by atoms with Crippen LogP contribution in [-0.4, -0.2) is 18.1 Å². The van der Waals surface area contributed by atoms with Crippen LogP contribution in [-0.2, 0) is 0 Å². The number of nitrogens with two attached hydrogens (primary N) is 1. The second-order valence-electron chi connectivity index (χ2n) is 4.48. The molecule has 0 saturated heterocycles. The Hall–Kier alpha value is 0.310. The molecule has 2 heteroatoms. The van der Waals surface area contributed by atoms with Crippen LogP contribution >= 0.6 is 11.8 Å². The zero-order chi connectivity index (χ0) is 11.4. The predicted molar refractivity (Wildman–Crippen MR) is 73.6 cm³/mol. The van der Waals surface area contributed by atoms with Gasteiger partial charge in [0.25, 0.3) is 0 Å². The van der Waals surface area contributed by atoms with E-state index >= 15 is 0 Å². The van der Waals surface area contributed by atoms with Crippen LogP contribution in [0.5, 0.6) is 0 Å². The molecule has 1 nitrogen and oxygen atoms in total. The molecule has 0 aliphatic heterocycles. The van der Waals surface area contributed by atoms with Crippen molar-refractivity contribution in [2.45, 2.75) is 70.8 Å². The maximum absolute atomic E-state index is 5.94. The highest BCUT2D eigenvalue weighted by atomic mass is 32.2. The molecule has 0 aliphatic rings. The first-order valence-electron chi connectivity index (χ1n) is 6.55. The molecule has 0 radical (unpaired) electrons. The van der Waals surface area contributed by atoms with Crippen LogP contribution < -0.4 is 5.73 Å². The number of thioether (sulfide) groups is 1. The minimum atomic E-state index is 0.431. The molecule has 0 spiro atoms. The zero-order valence-electron chi connectivity index (χ0n) is 10.6. The molecule has 0 fully saturated rings. The van der Waals surface area contributed by atoms with Crippen molar-refractivity contribution in [1.82, 2.24) is 0 Å². The third-order valence-electron chi connectivity index (χ3n) is 2.81. The van der Waals surface area contributed by atoms with Crippen LogP contribution in [0.2, 0.25) is 0 Å². The Morgan fingerprint density at radius 3 is 2.00 bits per heavy atom. The summed E-state index contributed by atoms with van der Waals surface area (Å²) in [4.78, 5) is 0. The van der Waals surface area contributed by atoms with E-state index in [-0.39, 0.29) is 0 Å². The van der Waals surface area contributed by atoms with E-state index in [4.69, 9.17) is 5.73 Å². The maximum atomic E-state index is 5.94. The molecule has 92 valence electrons. The van der Waals surface area contributed by atoms with Crippen LogP contribution in [0, 0.1) is 0 Å². The first-order chi connectivity index (χ1) is 7.31. The molecule has 0 aromatic carbocycles. The first kappa shape index (κ1) is 15.3. The number of hydrogen-bond acceptors (Lipinski definition) is 2. The molecule has 15 heavy (non-hydrogen) atoms. The van der Waals surface area contributed by atoms with Gasteiger partial charge in [0.15, 0.2) is 0 Å². The highest BCUT2D eigenvalue weighted by Gasteiger charge is 2.00. The van der Waals surface area contributed by atoms with Gasteiger partial charge in [0.05, 0.1) is 0 Å². The van der Waals surface area contributed by atoms with E-state index in [0.29, 0.717) is 6.04 Å². The van der Waals surface area contributed by atoms with Crippen molar-refractivity contribution in [2.75, 3.05) is 12.0 Å². The van der Waals surface area contributed by atoms with Gasteiger partial charge < -0.3 is 5.73 Å². The number of unbranched alkanes of at least 4 members (excludes halogenated alkanes) is 7. The van der Waals surface area contributed by atoms with Gasteiger partial charge in [-0.15, -0.1) is 0 Å². The average Bonchev–Trinajstić information content (AvgIpc) is 2.22. The van der Waals surface area contributed by atoms with Gasteiger partial charge in [-0.25, -0.2) is 0 Å². The SMILES string of the molecule is CCCCCCCCCCC(N)CSC. The normalized spacial score (nSPS) is 13.0. The highest BCUT2D eigenvalue weighted by molar-refractivity contribution is 7.98. The first-order valence-corrected chi connectivity index (χ1v) is 7.95. The molecule has 0 aromatic heterocycles. The van der Waals surface area contributed by atoms with E-state index in [9.17, 15) is 0 Å². The van der Waals surface area contributed by atoms with E-state index in [1.54, 1.807) is 0 Å². The molecule has 0 amide bonds. The summed E-state index contributed by atoms with van der Waals surface area (Å²) in [6, 6.07) is 0.431. The summed E-state index contributed by atoms with van der Waals surface area (Å²) in [6.45, 7) is 2.27. The number of rotatable bonds is 11. The summed E-state index contributed by atoms with van der Waals surface area (Å²) in [5.41, 5.74) is 5.94. The summed E-state index contributed by atoms with van der Waals surface area (Å²) < 4.78 is 0.